The van der Waals surface area contributed by atoms with Gasteiger partial charge in [-0.2, -0.15) is 15.4 Å². The van der Waals surface area contributed by atoms with Gasteiger partial charge in [0, 0.05) is 10.0 Å². The number of hydrogen-bond acceptors (Lipinski definition) is 3. The summed E-state index contributed by atoms with van der Waals surface area (Å²) in [6.07, 6.45) is 0. The molecule has 2 aromatic carbocycles. The van der Waals surface area contributed by atoms with Crippen LogP contribution in [0.5, 0.6) is 0 Å². The minimum absolute atomic E-state index is 0.303. The van der Waals surface area contributed by atoms with E-state index >= 15 is 0 Å². The number of rotatable bonds is 4. The first-order chi connectivity index (χ1) is 10.2. The lowest BCUT2D eigenvalue weighted by Gasteiger charge is -2.07. The van der Waals surface area contributed by atoms with Crippen molar-refractivity contribution in [2.45, 2.75) is 6.54 Å². The van der Waals surface area contributed by atoms with E-state index in [1.807, 2.05) is 30.3 Å². The lowest BCUT2D eigenvalue weighted by Crippen LogP contribution is -2.03. The molecule has 0 radical (unpaired) electrons. The number of anilines is 1. The van der Waals surface area contributed by atoms with E-state index in [-0.39, 0.29) is 5.82 Å². The third-order valence-electron chi connectivity index (χ3n) is 3.04. The van der Waals surface area contributed by atoms with Gasteiger partial charge in [-0.15, -0.1) is 0 Å². The van der Waals surface area contributed by atoms with Crippen LogP contribution in [0.1, 0.15) is 5.69 Å². The van der Waals surface area contributed by atoms with Crippen LogP contribution in [-0.2, 0) is 6.54 Å². The van der Waals surface area contributed by atoms with Crippen molar-refractivity contribution in [1.82, 2.24) is 15.4 Å². The van der Waals surface area contributed by atoms with Crippen LogP contribution in [0.4, 0.5) is 10.1 Å². The van der Waals surface area contributed by atoms with E-state index in [0.29, 0.717) is 12.2 Å². The van der Waals surface area contributed by atoms with E-state index in [0.717, 1.165) is 21.4 Å². The minimum Gasteiger partial charge on any atom is -0.377 e. The lowest BCUT2D eigenvalue weighted by atomic mass is 10.1. The molecule has 21 heavy (non-hydrogen) atoms. The molecule has 0 bridgehead atoms. The average molecular weight is 347 g/mol. The van der Waals surface area contributed by atoms with Gasteiger partial charge in [0.2, 0.25) is 0 Å². The van der Waals surface area contributed by atoms with Crippen LogP contribution < -0.4 is 5.32 Å². The van der Waals surface area contributed by atoms with E-state index in [1.54, 1.807) is 12.1 Å². The van der Waals surface area contributed by atoms with Crippen molar-refractivity contribution < 1.29 is 4.39 Å². The lowest BCUT2D eigenvalue weighted by molar-refractivity contribution is 0.629. The van der Waals surface area contributed by atoms with Gasteiger partial charge < -0.3 is 5.32 Å². The van der Waals surface area contributed by atoms with Crippen LogP contribution in [0.2, 0.25) is 0 Å². The van der Waals surface area contributed by atoms with Crippen LogP contribution >= 0.6 is 15.9 Å². The highest BCUT2D eigenvalue weighted by molar-refractivity contribution is 9.10. The average Bonchev–Trinajstić information content (AvgIpc) is 2.97. The first-order valence-electron chi connectivity index (χ1n) is 6.38. The summed E-state index contributed by atoms with van der Waals surface area (Å²) in [6, 6.07) is 14.5. The molecule has 3 aromatic rings. The van der Waals surface area contributed by atoms with Gasteiger partial charge in [-0.1, -0.05) is 46.3 Å². The molecule has 2 N–H and O–H groups in total. The maximum absolute atomic E-state index is 13.7. The summed E-state index contributed by atoms with van der Waals surface area (Å²) in [7, 11) is 0. The van der Waals surface area contributed by atoms with Crippen molar-refractivity contribution in [3.05, 3.63) is 64.5 Å². The molecule has 0 aliphatic heterocycles. The van der Waals surface area contributed by atoms with Gasteiger partial charge in [0.15, 0.2) is 0 Å². The van der Waals surface area contributed by atoms with E-state index in [2.05, 4.69) is 36.7 Å². The molecule has 0 saturated heterocycles. The number of benzene rings is 2. The van der Waals surface area contributed by atoms with Crippen LogP contribution in [0.3, 0.4) is 0 Å². The summed E-state index contributed by atoms with van der Waals surface area (Å²) >= 11 is 3.33. The summed E-state index contributed by atoms with van der Waals surface area (Å²) in [4.78, 5) is 0. The second-order valence-electron chi connectivity index (χ2n) is 4.46. The van der Waals surface area contributed by atoms with Gasteiger partial charge >= 0.3 is 0 Å². The molecule has 0 amide bonds. The van der Waals surface area contributed by atoms with Gasteiger partial charge in [0.25, 0.3) is 0 Å². The fraction of sp³-hybridized carbons (Fsp3) is 0.0667. The SMILES string of the molecule is Fc1ccc(Br)cc1NCc1n[nH]nc1-c1ccccc1. The van der Waals surface area contributed by atoms with E-state index in [9.17, 15) is 4.39 Å². The Bertz CT molecular complexity index is 742. The molecule has 3 rings (SSSR count). The summed E-state index contributed by atoms with van der Waals surface area (Å²) in [5.41, 5.74) is 2.89. The first kappa shape index (κ1) is 13.8. The quantitative estimate of drug-likeness (QED) is 0.751. The summed E-state index contributed by atoms with van der Waals surface area (Å²) in [6.45, 7) is 0.383. The molecule has 0 spiro atoms. The Balaban J connectivity index is 1.81. The van der Waals surface area contributed by atoms with Gasteiger partial charge in [-0.3, -0.25) is 0 Å². The highest BCUT2D eigenvalue weighted by Crippen LogP contribution is 2.23. The Kier molecular flexibility index (Phi) is 3.96. The second kappa shape index (κ2) is 6.05. The van der Waals surface area contributed by atoms with E-state index in [4.69, 9.17) is 0 Å². The zero-order valence-corrected chi connectivity index (χ0v) is 12.6. The zero-order valence-electron chi connectivity index (χ0n) is 11.0. The number of halogens is 2. The predicted octanol–water partition coefficient (Wildman–Crippen LogP) is 3.99. The molecule has 0 aliphatic carbocycles. The number of H-pyrrole nitrogens is 1. The normalized spacial score (nSPS) is 10.6. The number of aromatic amines is 1. The van der Waals surface area contributed by atoms with Crippen molar-refractivity contribution >= 4 is 21.6 Å². The Labute approximate surface area is 129 Å². The molecule has 6 heteroatoms. The highest BCUT2D eigenvalue weighted by atomic mass is 79.9. The van der Waals surface area contributed by atoms with Crippen molar-refractivity contribution in [1.29, 1.82) is 0 Å². The Hall–Kier alpha value is -2.21. The van der Waals surface area contributed by atoms with Gasteiger partial charge in [-0.05, 0) is 18.2 Å². The number of hydrogen-bond donors (Lipinski definition) is 2. The van der Waals surface area contributed by atoms with Crippen molar-refractivity contribution in [2.24, 2.45) is 0 Å². The number of nitrogens with one attached hydrogen (secondary N) is 2. The summed E-state index contributed by atoms with van der Waals surface area (Å²) in [5, 5.41) is 13.9. The van der Waals surface area contributed by atoms with Crippen LogP contribution in [0, 0.1) is 5.82 Å². The minimum atomic E-state index is -0.303. The second-order valence-corrected chi connectivity index (χ2v) is 5.38. The van der Waals surface area contributed by atoms with Crippen LogP contribution in [-0.4, -0.2) is 15.4 Å². The Morgan fingerprint density at radius 1 is 1.10 bits per heavy atom. The topological polar surface area (TPSA) is 53.6 Å². The predicted molar refractivity (Wildman–Crippen MR) is 83.2 cm³/mol. The third-order valence-corrected chi connectivity index (χ3v) is 3.54. The molecule has 106 valence electrons. The molecule has 4 nitrogen and oxygen atoms in total. The first-order valence-corrected chi connectivity index (χ1v) is 7.17. The molecular formula is C15H12BrFN4. The smallest absolute Gasteiger partial charge is 0.146 e. The Morgan fingerprint density at radius 3 is 2.71 bits per heavy atom. The van der Waals surface area contributed by atoms with Crippen molar-refractivity contribution in [3.63, 3.8) is 0 Å². The van der Waals surface area contributed by atoms with Crippen molar-refractivity contribution in [2.75, 3.05) is 5.32 Å². The monoisotopic (exact) mass is 346 g/mol. The van der Waals surface area contributed by atoms with Crippen LogP contribution in [0.25, 0.3) is 11.3 Å². The molecule has 0 saturated carbocycles. The Morgan fingerprint density at radius 2 is 1.90 bits per heavy atom. The molecule has 0 unspecified atom stereocenters. The van der Waals surface area contributed by atoms with Crippen LogP contribution in [0.15, 0.2) is 53.0 Å². The van der Waals surface area contributed by atoms with Gasteiger partial charge in [0.05, 0.1) is 12.2 Å². The number of nitrogens with zero attached hydrogens (tertiary/aromatic N) is 2. The maximum atomic E-state index is 13.7. The summed E-state index contributed by atoms with van der Waals surface area (Å²) in [5.74, 6) is -0.303. The highest BCUT2D eigenvalue weighted by Gasteiger charge is 2.10. The molecule has 0 atom stereocenters. The molecule has 0 aliphatic rings. The maximum Gasteiger partial charge on any atom is 0.146 e. The third kappa shape index (κ3) is 3.11. The molecule has 0 fully saturated rings. The van der Waals surface area contributed by atoms with Gasteiger partial charge in [0.1, 0.15) is 17.2 Å². The van der Waals surface area contributed by atoms with E-state index in [1.165, 1.54) is 6.07 Å². The number of aromatic nitrogens is 3. The summed E-state index contributed by atoms with van der Waals surface area (Å²) < 4.78 is 14.5. The van der Waals surface area contributed by atoms with Gasteiger partial charge in [-0.25, -0.2) is 4.39 Å². The standard InChI is InChI=1S/C15H12BrFN4/c16-11-6-7-12(17)13(8-11)18-9-14-15(20-21-19-14)10-4-2-1-3-5-10/h1-8,18H,9H2,(H,19,20,21). The largest absolute Gasteiger partial charge is 0.377 e. The zero-order chi connectivity index (χ0) is 14.7. The molecule has 1 aromatic heterocycles. The fourth-order valence-electron chi connectivity index (χ4n) is 2.02. The fourth-order valence-corrected chi connectivity index (χ4v) is 2.38. The molecule has 1 heterocycles. The van der Waals surface area contributed by atoms with E-state index < -0.39 is 0 Å². The van der Waals surface area contributed by atoms with Crippen molar-refractivity contribution in [3.8, 4) is 11.3 Å². The molecular weight excluding hydrogens is 335 g/mol.